The number of allylic oxidation sites excluding steroid dienone is 1. The van der Waals surface area contributed by atoms with E-state index in [4.69, 9.17) is 18.6 Å². The van der Waals surface area contributed by atoms with E-state index in [9.17, 15) is 4.79 Å². The second kappa shape index (κ2) is 8.43. The van der Waals surface area contributed by atoms with Crippen molar-refractivity contribution in [2.24, 2.45) is 0 Å². The molecule has 0 fully saturated rings. The number of hydrogen-bond donors (Lipinski definition) is 0. The Kier molecular flexibility index (Phi) is 6.29. The highest BCUT2D eigenvalue weighted by Crippen LogP contribution is 2.34. The minimum absolute atomic E-state index is 0.0957. The first kappa shape index (κ1) is 17.9. The zero-order valence-corrected chi connectivity index (χ0v) is 14.6. The fraction of sp³-hybridized carbons (Fsp3) is 0.421. The molecule has 5 nitrogen and oxygen atoms in total. The second-order valence-electron chi connectivity index (χ2n) is 5.59. The normalized spacial score (nSPS) is 11.4. The van der Waals surface area contributed by atoms with Crippen LogP contribution in [0, 0.1) is 0 Å². The van der Waals surface area contributed by atoms with Crippen LogP contribution in [0.15, 0.2) is 39.6 Å². The Bertz CT molecular complexity index is 758. The van der Waals surface area contributed by atoms with Crippen LogP contribution in [-0.4, -0.2) is 19.8 Å². The summed E-state index contributed by atoms with van der Waals surface area (Å²) in [4.78, 5) is 12.2. The van der Waals surface area contributed by atoms with Gasteiger partial charge in [-0.05, 0) is 38.8 Å². The molecule has 0 amide bonds. The zero-order chi connectivity index (χ0) is 17.5. The summed E-state index contributed by atoms with van der Waals surface area (Å²) in [6, 6.07) is 5.33. The largest absolute Gasteiger partial charge is 0.493 e. The summed E-state index contributed by atoms with van der Waals surface area (Å²) >= 11 is 0. The quantitative estimate of drug-likeness (QED) is 0.409. The summed E-state index contributed by atoms with van der Waals surface area (Å²) in [5.74, 6) is 1.13. The third kappa shape index (κ3) is 4.31. The van der Waals surface area contributed by atoms with Crippen LogP contribution in [0.1, 0.15) is 33.6 Å². The zero-order valence-electron chi connectivity index (χ0n) is 14.6. The molecule has 0 saturated carbocycles. The lowest BCUT2D eigenvalue weighted by atomic mass is 10.2. The van der Waals surface area contributed by atoms with Gasteiger partial charge in [-0.15, -0.1) is 0 Å². The fourth-order valence-corrected chi connectivity index (χ4v) is 2.30. The van der Waals surface area contributed by atoms with Crippen LogP contribution in [0.5, 0.6) is 17.2 Å². The summed E-state index contributed by atoms with van der Waals surface area (Å²) in [6.07, 6.45) is 5.88. The second-order valence-corrected chi connectivity index (χ2v) is 5.59. The molecular weight excluding hydrogens is 308 g/mol. The maximum absolute atomic E-state index is 12.2. The van der Waals surface area contributed by atoms with Crippen molar-refractivity contribution in [3.05, 3.63) is 40.8 Å². The molecule has 0 saturated heterocycles. The van der Waals surface area contributed by atoms with Crippen LogP contribution in [0.3, 0.4) is 0 Å². The summed E-state index contributed by atoms with van der Waals surface area (Å²) in [5, 5.41) is 0.672. The third-order valence-corrected chi connectivity index (χ3v) is 3.31. The standard InChI is InChI=1S/C19H24O5/c1-5-6-7-8-11-22-14-9-10-15-16(12-14)24-19(20)18(17(15)21-4)23-13(2)3/h6-7,9-10,12-13H,5,8,11H2,1-4H3/b7-6+. The van der Waals surface area contributed by atoms with Crippen molar-refractivity contribution in [1.29, 1.82) is 0 Å². The van der Waals surface area contributed by atoms with Crippen LogP contribution >= 0.6 is 0 Å². The Morgan fingerprint density at radius 1 is 1.21 bits per heavy atom. The third-order valence-electron chi connectivity index (χ3n) is 3.31. The molecule has 1 aromatic heterocycles. The molecule has 24 heavy (non-hydrogen) atoms. The first-order valence-electron chi connectivity index (χ1n) is 8.16. The van der Waals surface area contributed by atoms with E-state index in [1.807, 2.05) is 26.0 Å². The first-order chi connectivity index (χ1) is 11.6. The van der Waals surface area contributed by atoms with Gasteiger partial charge < -0.3 is 18.6 Å². The highest BCUT2D eigenvalue weighted by Gasteiger charge is 2.18. The Morgan fingerprint density at radius 3 is 2.67 bits per heavy atom. The SMILES string of the molecule is CC/C=C/CCOc1ccc2c(OC)c(OC(C)C)c(=O)oc2c1. The van der Waals surface area contributed by atoms with Gasteiger partial charge in [-0.25, -0.2) is 4.79 Å². The van der Waals surface area contributed by atoms with Crippen LogP contribution in [0.25, 0.3) is 11.0 Å². The van der Waals surface area contributed by atoms with Crippen molar-refractivity contribution in [3.63, 3.8) is 0 Å². The number of hydrogen-bond acceptors (Lipinski definition) is 5. The number of fused-ring (bicyclic) bond motifs is 1. The van der Waals surface area contributed by atoms with E-state index in [0.29, 0.717) is 29.1 Å². The molecular formula is C19H24O5. The maximum Gasteiger partial charge on any atom is 0.383 e. The van der Waals surface area contributed by atoms with Gasteiger partial charge in [0.15, 0.2) is 5.75 Å². The van der Waals surface area contributed by atoms with Gasteiger partial charge >= 0.3 is 5.63 Å². The average molecular weight is 332 g/mol. The summed E-state index contributed by atoms with van der Waals surface area (Å²) in [7, 11) is 1.51. The van der Waals surface area contributed by atoms with Crippen molar-refractivity contribution in [2.75, 3.05) is 13.7 Å². The van der Waals surface area contributed by atoms with Crippen LogP contribution in [0.2, 0.25) is 0 Å². The van der Waals surface area contributed by atoms with Gasteiger partial charge in [0, 0.05) is 6.07 Å². The molecule has 1 heterocycles. The molecule has 1 aromatic carbocycles. The molecule has 0 aliphatic heterocycles. The van der Waals surface area contributed by atoms with Crippen molar-refractivity contribution in [2.45, 2.75) is 39.7 Å². The lowest BCUT2D eigenvalue weighted by Gasteiger charge is -2.14. The monoisotopic (exact) mass is 332 g/mol. The van der Waals surface area contributed by atoms with Crippen LogP contribution < -0.4 is 19.8 Å². The fourth-order valence-electron chi connectivity index (χ4n) is 2.30. The van der Waals surface area contributed by atoms with Gasteiger partial charge in [0.1, 0.15) is 11.3 Å². The van der Waals surface area contributed by atoms with Crippen molar-refractivity contribution >= 4 is 11.0 Å². The lowest BCUT2D eigenvalue weighted by molar-refractivity contribution is 0.220. The Morgan fingerprint density at radius 2 is 2.00 bits per heavy atom. The Labute approximate surface area is 141 Å². The summed E-state index contributed by atoms with van der Waals surface area (Å²) in [6.45, 7) is 6.34. The van der Waals surface area contributed by atoms with E-state index < -0.39 is 5.63 Å². The van der Waals surface area contributed by atoms with Crippen LogP contribution in [0.4, 0.5) is 0 Å². The highest BCUT2D eigenvalue weighted by atomic mass is 16.5. The minimum Gasteiger partial charge on any atom is -0.493 e. The molecule has 0 bridgehead atoms. The van der Waals surface area contributed by atoms with Crippen LogP contribution in [-0.2, 0) is 0 Å². The summed E-state index contributed by atoms with van der Waals surface area (Å²) in [5.41, 5.74) is -0.148. The molecule has 0 aliphatic rings. The molecule has 2 aromatic rings. The number of ether oxygens (including phenoxy) is 3. The van der Waals surface area contributed by atoms with Gasteiger partial charge in [-0.1, -0.05) is 19.1 Å². The van der Waals surface area contributed by atoms with E-state index in [-0.39, 0.29) is 11.9 Å². The smallest absolute Gasteiger partial charge is 0.383 e. The predicted molar refractivity (Wildman–Crippen MR) is 94.3 cm³/mol. The highest BCUT2D eigenvalue weighted by molar-refractivity contribution is 5.86. The molecule has 130 valence electrons. The van der Waals surface area contributed by atoms with Gasteiger partial charge in [0.2, 0.25) is 5.75 Å². The number of methoxy groups -OCH3 is 1. The lowest BCUT2D eigenvalue weighted by Crippen LogP contribution is -2.14. The van der Waals surface area contributed by atoms with E-state index in [2.05, 4.69) is 19.1 Å². The molecule has 0 radical (unpaired) electrons. The molecule has 0 atom stereocenters. The first-order valence-corrected chi connectivity index (χ1v) is 8.16. The number of benzene rings is 1. The maximum atomic E-state index is 12.2. The van der Waals surface area contributed by atoms with Gasteiger partial charge in [0.25, 0.3) is 0 Å². The van der Waals surface area contributed by atoms with E-state index in [1.54, 1.807) is 6.07 Å². The topological polar surface area (TPSA) is 57.9 Å². The molecule has 0 N–H and O–H groups in total. The summed E-state index contributed by atoms with van der Waals surface area (Å²) < 4.78 is 22.0. The van der Waals surface area contributed by atoms with Crippen molar-refractivity contribution in [3.8, 4) is 17.2 Å². The van der Waals surface area contributed by atoms with Gasteiger partial charge in [0.05, 0.1) is 25.2 Å². The Balaban J connectivity index is 2.30. The number of rotatable bonds is 8. The molecule has 0 unspecified atom stereocenters. The average Bonchev–Trinajstić information content (AvgIpc) is 2.55. The minimum atomic E-state index is -0.559. The van der Waals surface area contributed by atoms with Crippen molar-refractivity contribution < 1.29 is 18.6 Å². The van der Waals surface area contributed by atoms with E-state index in [0.717, 1.165) is 12.8 Å². The molecule has 2 rings (SSSR count). The van der Waals surface area contributed by atoms with Gasteiger partial charge in [-0.2, -0.15) is 0 Å². The van der Waals surface area contributed by atoms with E-state index >= 15 is 0 Å². The Hall–Kier alpha value is -2.43. The van der Waals surface area contributed by atoms with E-state index in [1.165, 1.54) is 7.11 Å². The van der Waals surface area contributed by atoms with Gasteiger partial charge in [-0.3, -0.25) is 0 Å². The molecule has 0 aliphatic carbocycles. The molecule has 5 heteroatoms. The van der Waals surface area contributed by atoms with Crippen molar-refractivity contribution in [1.82, 2.24) is 0 Å². The predicted octanol–water partition coefficient (Wildman–Crippen LogP) is 4.32. The molecule has 0 spiro atoms.